The third-order valence-corrected chi connectivity index (χ3v) is 2.89. The molecule has 0 heterocycles. The third kappa shape index (κ3) is 2.69. The first-order chi connectivity index (χ1) is 9.65. The summed E-state index contributed by atoms with van der Waals surface area (Å²) in [6.45, 7) is 0.227. The Hall–Kier alpha value is -2.61. The fourth-order valence-corrected chi connectivity index (χ4v) is 1.97. The van der Waals surface area contributed by atoms with Crippen LogP contribution in [-0.2, 0) is 0 Å². The van der Waals surface area contributed by atoms with Gasteiger partial charge in [-0.25, -0.2) is 8.78 Å². The molecule has 2 N–H and O–H groups in total. The molecule has 0 bridgehead atoms. The fraction of sp³-hybridized carbons (Fsp3) is 0.133. The molecule has 0 saturated carbocycles. The molecule has 0 unspecified atom stereocenters. The summed E-state index contributed by atoms with van der Waals surface area (Å²) in [6.07, 6.45) is 0.171. The number of anilines is 3. The van der Waals surface area contributed by atoms with E-state index in [1.807, 2.05) is 12.1 Å². The Morgan fingerprint density at radius 1 is 1.10 bits per heavy atom. The van der Waals surface area contributed by atoms with Crippen molar-refractivity contribution < 1.29 is 8.78 Å². The summed E-state index contributed by atoms with van der Waals surface area (Å²) < 4.78 is 27.5. The molecule has 0 amide bonds. The van der Waals surface area contributed by atoms with Gasteiger partial charge < -0.3 is 10.6 Å². The van der Waals surface area contributed by atoms with Crippen molar-refractivity contribution in [1.82, 2.24) is 0 Å². The zero-order valence-electron chi connectivity index (χ0n) is 10.7. The van der Waals surface area contributed by atoms with E-state index >= 15 is 0 Å². The highest BCUT2D eigenvalue weighted by Crippen LogP contribution is 2.34. The van der Waals surface area contributed by atoms with Crippen molar-refractivity contribution >= 4 is 17.1 Å². The highest BCUT2D eigenvalue weighted by Gasteiger charge is 2.19. The van der Waals surface area contributed by atoms with Crippen LogP contribution in [0.15, 0.2) is 42.5 Å². The van der Waals surface area contributed by atoms with Crippen molar-refractivity contribution in [2.24, 2.45) is 0 Å². The van der Waals surface area contributed by atoms with Crippen LogP contribution in [0.4, 0.5) is 25.8 Å². The summed E-state index contributed by atoms with van der Waals surface area (Å²) in [6, 6.07) is 13.2. The lowest BCUT2D eigenvalue weighted by Gasteiger charge is -2.26. The van der Waals surface area contributed by atoms with Gasteiger partial charge in [-0.15, -0.1) is 0 Å². The average molecular weight is 273 g/mol. The maximum absolute atomic E-state index is 14.0. The van der Waals surface area contributed by atoms with Crippen LogP contribution in [0.1, 0.15) is 6.42 Å². The van der Waals surface area contributed by atoms with Crippen LogP contribution in [0, 0.1) is 23.0 Å². The van der Waals surface area contributed by atoms with Gasteiger partial charge in [0.05, 0.1) is 18.2 Å². The molecule has 0 atom stereocenters. The van der Waals surface area contributed by atoms with Gasteiger partial charge in [-0.05, 0) is 24.3 Å². The summed E-state index contributed by atoms with van der Waals surface area (Å²) in [5, 5.41) is 8.73. The summed E-state index contributed by atoms with van der Waals surface area (Å²) in [5.41, 5.74) is 6.52. The molecule has 0 aliphatic carbocycles. The molecule has 20 heavy (non-hydrogen) atoms. The molecule has 0 aromatic heterocycles. The number of nitriles is 1. The van der Waals surface area contributed by atoms with E-state index < -0.39 is 11.6 Å². The first-order valence-electron chi connectivity index (χ1n) is 6.08. The molecule has 3 nitrogen and oxygen atoms in total. The first-order valence-corrected chi connectivity index (χ1v) is 6.08. The Morgan fingerprint density at radius 2 is 1.80 bits per heavy atom. The van der Waals surface area contributed by atoms with Gasteiger partial charge >= 0.3 is 0 Å². The van der Waals surface area contributed by atoms with Gasteiger partial charge in [0.1, 0.15) is 5.69 Å². The molecule has 2 aromatic rings. The van der Waals surface area contributed by atoms with E-state index in [0.29, 0.717) is 5.69 Å². The summed E-state index contributed by atoms with van der Waals surface area (Å²) in [4.78, 5) is 1.51. The average Bonchev–Trinajstić information content (AvgIpc) is 2.47. The van der Waals surface area contributed by atoms with E-state index in [1.165, 1.54) is 11.0 Å². The molecule has 2 aromatic carbocycles. The van der Waals surface area contributed by atoms with Crippen LogP contribution >= 0.6 is 0 Å². The Morgan fingerprint density at radius 3 is 2.45 bits per heavy atom. The summed E-state index contributed by atoms with van der Waals surface area (Å²) in [7, 11) is 0. The number of nitrogen functional groups attached to an aromatic ring is 1. The van der Waals surface area contributed by atoms with Gasteiger partial charge in [0.15, 0.2) is 11.6 Å². The van der Waals surface area contributed by atoms with Crippen molar-refractivity contribution in [3.63, 3.8) is 0 Å². The smallest absolute Gasteiger partial charge is 0.184 e. The lowest BCUT2D eigenvalue weighted by Crippen LogP contribution is -2.21. The highest BCUT2D eigenvalue weighted by molar-refractivity contribution is 5.75. The molecular formula is C15H13F2N3. The molecule has 0 fully saturated rings. The SMILES string of the molecule is N#CCCN(c1ccccc1)c1c(N)ccc(F)c1F. The standard InChI is InChI=1S/C15H13F2N3/c16-12-7-8-13(19)15(14(12)17)20(10-4-9-18)11-5-2-1-3-6-11/h1-3,5-8H,4,10,19H2. The van der Waals surface area contributed by atoms with Crippen LogP contribution in [0.2, 0.25) is 0 Å². The molecule has 0 radical (unpaired) electrons. The minimum absolute atomic E-state index is 0.0357. The number of nitrogens with zero attached hydrogens (tertiary/aromatic N) is 2. The third-order valence-electron chi connectivity index (χ3n) is 2.89. The fourth-order valence-electron chi connectivity index (χ4n) is 1.97. The number of halogens is 2. The van der Waals surface area contributed by atoms with Gasteiger partial charge in [0, 0.05) is 12.2 Å². The maximum Gasteiger partial charge on any atom is 0.184 e. The summed E-state index contributed by atoms with van der Waals surface area (Å²) in [5.74, 6) is -1.97. The molecule has 5 heteroatoms. The second-order valence-corrected chi connectivity index (χ2v) is 4.19. The molecule has 0 saturated heterocycles. The van der Waals surface area contributed by atoms with Gasteiger partial charge in [-0.2, -0.15) is 5.26 Å². The number of hydrogen-bond donors (Lipinski definition) is 1. The Balaban J connectivity index is 2.53. The van der Waals surface area contributed by atoms with E-state index in [9.17, 15) is 8.78 Å². The number of rotatable bonds is 4. The van der Waals surface area contributed by atoms with Crippen LogP contribution < -0.4 is 10.6 Å². The van der Waals surface area contributed by atoms with Crippen LogP contribution in [-0.4, -0.2) is 6.54 Å². The molecule has 102 valence electrons. The van der Waals surface area contributed by atoms with Crippen molar-refractivity contribution in [2.45, 2.75) is 6.42 Å². The van der Waals surface area contributed by atoms with Crippen molar-refractivity contribution in [1.29, 1.82) is 5.26 Å². The highest BCUT2D eigenvalue weighted by atomic mass is 19.2. The minimum Gasteiger partial charge on any atom is -0.397 e. The van der Waals surface area contributed by atoms with E-state index in [0.717, 1.165) is 6.07 Å². The van der Waals surface area contributed by atoms with E-state index in [2.05, 4.69) is 0 Å². The van der Waals surface area contributed by atoms with Gasteiger partial charge in [0.2, 0.25) is 0 Å². The predicted molar refractivity (Wildman–Crippen MR) is 74.4 cm³/mol. The van der Waals surface area contributed by atoms with Gasteiger partial charge in [-0.3, -0.25) is 0 Å². The van der Waals surface area contributed by atoms with Crippen LogP contribution in [0.5, 0.6) is 0 Å². The van der Waals surface area contributed by atoms with Gasteiger partial charge in [-0.1, -0.05) is 18.2 Å². The molecular weight excluding hydrogens is 260 g/mol. The van der Waals surface area contributed by atoms with Gasteiger partial charge in [0.25, 0.3) is 0 Å². The van der Waals surface area contributed by atoms with Crippen molar-refractivity contribution in [2.75, 3.05) is 17.2 Å². The number of hydrogen-bond acceptors (Lipinski definition) is 3. The number of nitrogens with two attached hydrogens (primary N) is 1. The molecule has 0 aliphatic rings. The topological polar surface area (TPSA) is 53.0 Å². The molecule has 2 rings (SSSR count). The second kappa shape index (κ2) is 6.02. The van der Waals surface area contributed by atoms with E-state index in [4.69, 9.17) is 11.0 Å². The van der Waals surface area contributed by atoms with E-state index in [1.54, 1.807) is 24.3 Å². The van der Waals surface area contributed by atoms with Crippen LogP contribution in [0.25, 0.3) is 0 Å². The lowest BCUT2D eigenvalue weighted by molar-refractivity contribution is 0.509. The Labute approximate surface area is 115 Å². The molecule has 0 spiro atoms. The number of benzene rings is 2. The van der Waals surface area contributed by atoms with Crippen molar-refractivity contribution in [3.05, 3.63) is 54.1 Å². The largest absolute Gasteiger partial charge is 0.397 e. The minimum atomic E-state index is -1.01. The maximum atomic E-state index is 14.0. The monoisotopic (exact) mass is 273 g/mol. The zero-order valence-corrected chi connectivity index (χ0v) is 10.7. The second-order valence-electron chi connectivity index (χ2n) is 4.19. The first kappa shape index (κ1) is 13.8. The predicted octanol–water partition coefficient (Wildman–Crippen LogP) is 3.60. The van der Waals surface area contributed by atoms with E-state index in [-0.39, 0.29) is 24.3 Å². The quantitative estimate of drug-likeness (QED) is 0.866. The lowest BCUT2D eigenvalue weighted by atomic mass is 10.2. The normalized spacial score (nSPS) is 10.1. The molecule has 0 aliphatic heterocycles. The Kier molecular flexibility index (Phi) is 4.16. The summed E-state index contributed by atoms with van der Waals surface area (Å²) >= 11 is 0. The van der Waals surface area contributed by atoms with Crippen LogP contribution in [0.3, 0.4) is 0 Å². The zero-order chi connectivity index (χ0) is 14.5. The van der Waals surface area contributed by atoms with Crippen molar-refractivity contribution in [3.8, 4) is 6.07 Å². The Bertz CT molecular complexity index is 636. The number of para-hydroxylation sites is 1.